The van der Waals surface area contributed by atoms with Crippen molar-refractivity contribution in [1.82, 2.24) is 9.88 Å². The number of carbonyl (C=O) groups excluding carboxylic acids is 3. The minimum absolute atomic E-state index is 0.138. The van der Waals surface area contributed by atoms with Crippen molar-refractivity contribution in [3.8, 4) is 11.3 Å². The molecule has 5 rings (SSSR count). The molecule has 0 radical (unpaired) electrons. The number of hydrogen-bond acceptors (Lipinski definition) is 5. The molecule has 1 aliphatic heterocycles. The van der Waals surface area contributed by atoms with Gasteiger partial charge in [0.15, 0.2) is 5.13 Å². The van der Waals surface area contributed by atoms with Crippen LogP contribution in [0.25, 0.3) is 11.3 Å². The first-order valence-corrected chi connectivity index (χ1v) is 10.3. The summed E-state index contributed by atoms with van der Waals surface area (Å²) in [5.74, 6) is -1.11. The fourth-order valence-electron chi connectivity index (χ4n) is 4.71. The topological polar surface area (TPSA) is 79.4 Å². The molecule has 3 amide bonds. The second kappa shape index (κ2) is 6.38. The van der Waals surface area contributed by atoms with E-state index < -0.39 is 11.9 Å². The van der Waals surface area contributed by atoms with E-state index in [0.29, 0.717) is 5.13 Å². The van der Waals surface area contributed by atoms with E-state index >= 15 is 0 Å². The molecule has 1 saturated heterocycles. The lowest BCUT2D eigenvalue weighted by Gasteiger charge is -2.23. The van der Waals surface area contributed by atoms with Gasteiger partial charge in [0.1, 0.15) is 6.04 Å². The first-order valence-electron chi connectivity index (χ1n) is 9.41. The van der Waals surface area contributed by atoms with Crippen LogP contribution in [0.1, 0.15) is 13.3 Å². The molecule has 1 saturated carbocycles. The Balaban J connectivity index is 1.31. The van der Waals surface area contributed by atoms with Gasteiger partial charge in [-0.3, -0.25) is 19.3 Å². The molecule has 142 valence electrons. The van der Waals surface area contributed by atoms with Crippen LogP contribution in [-0.4, -0.2) is 33.6 Å². The van der Waals surface area contributed by atoms with Gasteiger partial charge < -0.3 is 5.32 Å². The van der Waals surface area contributed by atoms with Gasteiger partial charge in [0.05, 0.1) is 17.5 Å². The molecule has 2 fully saturated rings. The lowest BCUT2D eigenvalue weighted by Crippen LogP contribution is -2.46. The molecule has 2 aromatic rings. The highest BCUT2D eigenvalue weighted by molar-refractivity contribution is 7.14. The molecule has 6 nitrogen and oxygen atoms in total. The predicted octanol–water partition coefficient (Wildman–Crippen LogP) is 2.94. The maximum absolute atomic E-state index is 12.9. The van der Waals surface area contributed by atoms with E-state index in [9.17, 15) is 14.4 Å². The number of imide groups is 1. The van der Waals surface area contributed by atoms with Crippen LogP contribution in [0.15, 0.2) is 47.9 Å². The third-order valence-electron chi connectivity index (χ3n) is 6.08. The van der Waals surface area contributed by atoms with Crippen molar-refractivity contribution in [2.45, 2.75) is 19.4 Å². The van der Waals surface area contributed by atoms with Crippen LogP contribution < -0.4 is 5.32 Å². The van der Waals surface area contributed by atoms with Gasteiger partial charge in [0.25, 0.3) is 0 Å². The Morgan fingerprint density at radius 1 is 1.14 bits per heavy atom. The highest BCUT2D eigenvalue weighted by atomic mass is 32.1. The Hall–Kier alpha value is -2.80. The Bertz CT molecular complexity index is 969. The normalized spacial score (nSPS) is 28.7. The molecule has 28 heavy (non-hydrogen) atoms. The molecule has 2 heterocycles. The van der Waals surface area contributed by atoms with Gasteiger partial charge >= 0.3 is 0 Å². The van der Waals surface area contributed by atoms with Crippen molar-refractivity contribution in [2.75, 3.05) is 5.32 Å². The number of allylic oxidation sites excluding steroid dienone is 2. The van der Waals surface area contributed by atoms with E-state index in [0.717, 1.165) is 17.7 Å². The van der Waals surface area contributed by atoms with Crippen LogP contribution in [0.3, 0.4) is 0 Å². The number of nitrogens with zero attached hydrogens (tertiary/aromatic N) is 2. The SMILES string of the molecule is C[C@@H](C(=O)Nc1nc(-c2ccccc2)cs1)N1C(=O)[C@@H]2[C@H](C1=O)[C@H]1C=C[C@H]2C1. The molecule has 1 aromatic carbocycles. The molecule has 0 spiro atoms. The Morgan fingerprint density at radius 3 is 2.43 bits per heavy atom. The van der Waals surface area contributed by atoms with Gasteiger partial charge in [-0.1, -0.05) is 42.5 Å². The summed E-state index contributed by atoms with van der Waals surface area (Å²) in [6.07, 6.45) is 4.97. The van der Waals surface area contributed by atoms with Crippen molar-refractivity contribution in [3.05, 3.63) is 47.9 Å². The molecule has 2 aliphatic carbocycles. The van der Waals surface area contributed by atoms with Crippen molar-refractivity contribution in [3.63, 3.8) is 0 Å². The largest absolute Gasteiger partial charge is 0.300 e. The van der Waals surface area contributed by atoms with Gasteiger partial charge in [-0.2, -0.15) is 0 Å². The van der Waals surface area contributed by atoms with Crippen LogP contribution in [0.5, 0.6) is 0 Å². The van der Waals surface area contributed by atoms with Crippen LogP contribution in [0, 0.1) is 23.7 Å². The summed E-state index contributed by atoms with van der Waals surface area (Å²) < 4.78 is 0. The van der Waals surface area contributed by atoms with E-state index in [1.54, 1.807) is 6.92 Å². The molecule has 0 unspecified atom stereocenters. The number of likely N-dealkylation sites (tertiary alicyclic amines) is 1. The van der Waals surface area contributed by atoms with E-state index in [4.69, 9.17) is 0 Å². The zero-order valence-electron chi connectivity index (χ0n) is 15.2. The number of fused-ring (bicyclic) bond motifs is 5. The highest BCUT2D eigenvalue weighted by Crippen LogP contribution is 2.52. The van der Waals surface area contributed by atoms with E-state index in [-0.39, 0.29) is 35.5 Å². The van der Waals surface area contributed by atoms with Crippen molar-refractivity contribution < 1.29 is 14.4 Å². The molecular weight excluding hydrogens is 374 g/mol. The average molecular weight is 393 g/mol. The van der Waals surface area contributed by atoms with Crippen LogP contribution in [-0.2, 0) is 14.4 Å². The van der Waals surface area contributed by atoms with Gasteiger partial charge in [-0.25, -0.2) is 4.98 Å². The second-order valence-corrected chi connectivity index (χ2v) is 8.47. The van der Waals surface area contributed by atoms with Gasteiger partial charge in [0.2, 0.25) is 17.7 Å². The molecule has 3 aliphatic rings. The Kier molecular flexibility index (Phi) is 3.94. The third-order valence-corrected chi connectivity index (χ3v) is 6.83. The molecule has 2 bridgehead atoms. The summed E-state index contributed by atoms with van der Waals surface area (Å²) in [7, 11) is 0. The number of anilines is 1. The van der Waals surface area contributed by atoms with Crippen molar-refractivity contribution in [2.24, 2.45) is 23.7 Å². The Morgan fingerprint density at radius 2 is 1.79 bits per heavy atom. The van der Waals surface area contributed by atoms with Crippen LogP contribution in [0.4, 0.5) is 5.13 Å². The average Bonchev–Trinajstić information content (AvgIpc) is 3.47. The molecule has 5 atom stereocenters. The summed E-state index contributed by atoms with van der Waals surface area (Å²) in [5, 5.41) is 5.09. The quantitative estimate of drug-likeness (QED) is 0.640. The van der Waals surface area contributed by atoms with Gasteiger partial charge in [0, 0.05) is 10.9 Å². The second-order valence-electron chi connectivity index (χ2n) is 7.62. The van der Waals surface area contributed by atoms with E-state index in [1.807, 2.05) is 47.9 Å². The minimum atomic E-state index is -0.853. The molecule has 1 N–H and O–H groups in total. The standard InChI is InChI=1S/C21H19N3O3S/c1-11(24-19(26)16-13-7-8-14(9-13)17(16)20(24)27)18(25)23-21-22-15(10-28-21)12-5-3-2-4-6-12/h2-8,10-11,13-14,16-17H,9H2,1H3,(H,22,23,25)/t11-,13-,14-,16-,17+/m0/s1. The van der Waals surface area contributed by atoms with Crippen molar-refractivity contribution in [1.29, 1.82) is 0 Å². The molecule has 7 heteroatoms. The van der Waals surface area contributed by atoms with Gasteiger partial charge in [-0.05, 0) is 25.2 Å². The van der Waals surface area contributed by atoms with Crippen LogP contribution in [0.2, 0.25) is 0 Å². The lowest BCUT2D eigenvalue weighted by atomic mass is 9.85. The van der Waals surface area contributed by atoms with E-state index in [1.165, 1.54) is 16.2 Å². The maximum Gasteiger partial charge on any atom is 0.249 e. The predicted molar refractivity (Wildman–Crippen MR) is 105 cm³/mol. The third kappa shape index (κ3) is 2.53. The first kappa shape index (κ1) is 17.3. The monoisotopic (exact) mass is 393 g/mol. The first-order chi connectivity index (χ1) is 13.5. The number of carbonyl (C=O) groups is 3. The smallest absolute Gasteiger partial charge is 0.249 e. The molecule has 1 aromatic heterocycles. The number of hydrogen-bond donors (Lipinski definition) is 1. The van der Waals surface area contributed by atoms with Gasteiger partial charge in [-0.15, -0.1) is 11.3 Å². The fourth-order valence-corrected chi connectivity index (χ4v) is 5.43. The number of amides is 3. The molecular formula is C21H19N3O3S. The number of benzene rings is 1. The number of aromatic nitrogens is 1. The number of nitrogens with one attached hydrogen (secondary N) is 1. The number of thiazole rings is 1. The summed E-state index contributed by atoms with van der Waals surface area (Å²) in [5.41, 5.74) is 1.74. The maximum atomic E-state index is 12.9. The highest BCUT2D eigenvalue weighted by Gasteiger charge is 2.60. The zero-order valence-corrected chi connectivity index (χ0v) is 16.1. The summed E-state index contributed by atoms with van der Waals surface area (Å²) in [6.45, 7) is 1.60. The van der Waals surface area contributed by atoms with Crippen LogP contribution >= 0.6 is 11.3 Å². The lowest BCUT2D eigenvalue weighted by molar-refractivity contribution is -0.146. The summed E-state index contributed by atoms with van der Waals surface area (Å²) in [6, 6.07) is 8.84. The summed E-state index contributed by atoms with van der Waals surface area (Å²) >= 11 is 1.32. The van der Waals surface area contributed by atoms with Crippen molar-refractivity contribution >= 4 is 34.2 Å². The fraction of sp³-hybridized carbons (Fsp3) is 0.333. The Labute approximate surface area is 166 Å². The van der Waals surface area contributed by atoms with E-state index in [2.05, 4.69) is 10.3 Å². The summed E-state index contributed by atoms with van der Waals surface area (Å²) in [4.78, 5) is 44.1. The zero-order chi connectivity index (χ0) is 19.4. The number of rotatable bonds is 4. The minimum Gasteiger partial charge on any atom is -0.300 e.